The molecule has 1 saturated heterocycles. The molecule has 0 spiro atoms. The molecule has 6 heteroatoms. The highest BCUT2D eigenvalue weighted by molar-refractivity contribution is 7.99. The van der Waals surface area contributed by atoms with Crippen LogP contribution in [0.15, 0.2) is 0 Å². The zero-order valence-electron chi connectivity index (χ0n) is 9.44. The zero-order valence-corrected chi connectivity index (χ0v) is 11.1. The minimum atomic E-state index is 0. The minimum Gasteiger partial charge on any atom is -0.377 e. The Morgan fingerprint density at radius 2 is 2.31 bits per heavy atom. The summed E-state index contributed by atoms with van der Waals surface area (Å²) in [6, 6.07) is 0. The molecular formula is C10H21ClN2O2S. The van der Waals surface area contributed by atoms with Gasteiger partial charge in [0.2, 0.25) is 5.91 Å². The van der Waals surface area contributed by atoms with Crippen molar-refractivity contribution < 1.29 is 9.53 Å². The molecule has 0 saturated carbocycles. The summed E-state index contributed by atoms with van der Waals surface area (Å²) in [5, 5.41) is 2.74. The van der Waals surface area contributed by atoms with E-state index in [1.54, 1.807) is 11.8 Å². The Hall–Kier alpha value is 0.0300. The maximum absolute atomic E-state index is 11.2. The maximum atomic E-state index is 11.2. The van der Waals surface area contributed by atoms with Crippen molar-refractivity contribution in [1.82, 2.24) is 5.32 Å². The van der Waals surface area contributed by atoms with Gasteiger partial charge in [0.05, 0.1) is 11.9 Å². The Morgan fingerprint density at radius 1 is 1.50 bits per heavy atom. The van der Waals surface area contributed by atoms with E-state index in [0.29, 0.717) is 24.9 Å². The molecule has 1 fully saturated rings. The van der Waals surface area contributed by atoms with Crippen molar-refractivity contribution in [3.63, 3.8) is 0 Å². The molecule has 1 amide bonds. The first-order valence-corrected chi connectivity index (χ1v) is 6.64. The van der Waals surface area contributed by atoms with Crippen molar-refractivity contribution in [2.24, 2.45) is 5.73 Å². The van der Waals surface area contributed by atoms with E-state index in [1.807, 2.05) is 0 Å². The normalized spacial score (nSPS) is 19.9. The first-order chi connectivity index (χ1) is 7.33. The quantitative estimate of drug-likeness (QED) is 0.748. The lowest BCUT2D eigenvalue weighted by Crippen LogP contribution is -2.31. The Kier molecular flexibility index (Phi) is 10.2. The number of nitrogens with two attached hydrogens (primary N) is 1. The molecule has 1 rings (SSSR count). The van der Waals surface area contributed by atoms with Crippen LogP contribution in [0.25, 0.3) is 0 Å². The van der Waals surface area contributed by atoms with Gasteiger partial charge in [-0.05, 0) is 19.3 Å². The van der Waals surface area contributed by atoms with Gasteiger partial charge < -0.3 is 15.8 Å². The van der Waals surface area contributed by atoms with Crippen molar-refractivity contribution in [3.8, 4) is 0 Å². The van der Waals surface area contributed by atoms with E-state index in [0.717, 1.165) is 18.8 Å². The topological polar surface area (TPSA) is 64.3 Å². The summed E-state index contributed by atoms with van der Waals surface area (Å²) in [4.78, 5) is 11.2. The van der Waals surface area contributed by atoms with Crippen LogP contribution < -0.4 is 11.1 Å². The average molecular weight is 269 g/mol. The number of halogens is 1. The molecule has 1 heterocycles. The van der Waals surface area contributed by atoms with Gasteiger partial charge in [-0.2, -0.15) is 0 Å². The van der Waals surface area contributed by atoms with Crippen LogP contribution in [0.1, 0.15) is 19.3 Å². The second-order valence-corrected chi connectivity index (χ2v) is 4.67. The van der Waals surface area contributed by atoms with E-state index in [-0.39, 0.29) is 18.3 Å². The average Bonchev–Trinajstić information content (AvgIpc) is 2.28. The van der Waals surface area contributed by atoms with Crippen LogP contribution in [0.4, 0.5) is 0 Å². The Morgan fingerprint density at radius 3 is 2.94 bits per heavy atom. The van der Waals surface area contributed by atoms with Gasteiger partial charge in [-0.25, -0.2) is 0 Å². The van der Waals surface area contributed by atoms with Crippen molar-refractivity contribution in [3.05, 3.63) is 0 Å². The summed E-state index contributed by atoms with van der Waals surface area (Å²) in [5.41, 5.74) is 5.28. The third-order valence-corrected chi connectivity index (χ3v) is 3.35. The van der Waals surface area contributed by atoms with Gasteiger partial charge in [-0.15, -0.1) is 24.2 Å². The molecule has 0 aliphatic carbocycles. The van der Waals surface area contributed by atoms with E-state index in [4.69, 9.17) is 10.5 Å². The number of ether oxygens (including phenoxy) is 1. The maximum Gasteiger partial charge on any atom is 0.230 e. The van der Waals surface area contributed by atoms with Gasteiger partial charge in [0.25, 0.3) is 0 Å². The largest absolute Gasteiger partial charge is 0.377 e. The van der Waals surface area contributed by atoms with Crippen molar-refractivity contribution >= 4 is 30.1 Å². The first-order valence-electron chi connectivity index (χ1n) is 5.49. The van der Waals surface area contributed by atoms with E-state index < -0.39 is 0 Å². The lowest BCUT2D eigenvalue weighted by Gasteiger charge is -2.21. The van der Waals surface area contributed by atoms with Gasteiger partial charge in [0.15, 0.2) is 0 Å². The summed E-state index contributed by atoms with van der Waals surface area (Å²) in [5.74, 6) is 1.51. The zero-order chi connectivity index (χ0) is 10.9. The third kappa shape index (κ3) is 7.33. The smallest absolute Gasteiger partial charge is 0.230 e. The molecule has 1 atom stereocenters. The van der Waals surface area contributed by atoms with E-state index in [1.165, 1.54) is 12.8 Å². The van der Waals surface area contributed by atoms with Crippen LogP contribution >= 0.6 is 24.2 Å². The predicted molar refractivity (Wildman–Crippen MR) is 70.2 cm³/mol. The van der Waals surface area contributed by atoms with Crippen LogP contribution in [-0.2, 0) is 9.53 Å². The fraction of sp³-hybridized carbons (Fsp3) is 0.900. The third-order valence-electron chi connectivity index (χ3n) is 2.28. The number of nitrogens with one attached hydrogen (secondary N) is 1. The lowest BCUT2D eigenvalue weighted by molar-refractivity contribution is -0.118. The van der Waals surface area contributed by atoms with Gasteiger partial charge >= 0.3 is 0 Å². The summed E-state index contributed by atoms with van der Waals surface area (Å²) < 4.78 is 5.57. The molecule has 0 aromatic carbocycles. The number of rotatable bonds is 6. The number of hydrogen-bond donors (Lipinski definition) is 2. The standard InChI is InChI=1S/C10H20N2O2S.ClH/c11-4-5-12-10(13)8-15-7-9-3-1-2-6-14-9;/h9H,1-8,11H2,(H,12,13);1H. The number of thioether (sulfide) groups is 1. The molecule has 0 radical (unpaired) electrons. The number of carbonyl (C=O) groups is 1. The molecule has 96 valence electrons. The highest BCUT2D eigenvalue weighted by atomic mass is 35.5. The highest BCUT2D eigenvalue weighted by Gasteiger charge is 2.13. The van der Waals surface area contributed by atoms with E-state index in [2.05, 4.69) is 5.32 Å². The van der Waals surface area contributed by atoms with Crippen molar-refractivity contribution in [2.75, 3.05) is 31.2 Å². The summed E-state index contributed by atoms with van der Waals surface area (Å²) >= 11 is 1.64. The molecule has 3 N–H and O–H groups in total. The van der Waals surface area contributed by atoms with Gasteiger partial charge in [-0.1, -0.05) is 0 Å². The summed E-state index contributed by atoms with van der Waals surface area (Å²) in [7, 11) is 0. The van der Waals surface area contributed by atoms with Crippen LogP contribution in [-0.4, -0.2) is 43.2 Å². The van der Waals surface area contributed by atoms with E-state index >= 15 is 0 Å². The van der Waals surface area contributed by atoms with Gasteiger partial charge in [0.1, 0.15) is 0 Å². The molecule has 0 bridgehead atoms. The number of hydrogen-bond acceptors (Lipinski definition) is 4. The predicted octanol–water partition coefficient (Wildman–Crippen LogP) is 0.785. The monoisotopic (exact) mass is 268 g/mol. The molecule has 1 unspecified atom stereocenters. The van der Waals surface area contributed by atoms with Crippen LogP contribution in [0.5, 0.6) is 0 Å². The molecule has 4 nitrogen and oxygen atoms in total. The van der Waals surface area contributed by atoms with Crippen molar-refractivity contribution in [2.45, 2.75) is 25.4 Å². The fourth-order valence-electron chi connectivity index (χ4n) is 1.48. The fourth-order valence-corrected chi connectivity index (χ4v) is 2.42. The SMILES string of the molecule is Cl.NCCNC(=O)CSCC1CCCCO1. The van der Waals surface area contributed by atoms with Gasteiger partial charge in [0, 0.05) is 25.4 Å². The van der Waals surface area contributed by atoms with Crippen LogP contribution in [0, 0.1) is 0 Å². The first kappa shape index (κ1) is 16.0. The Labute approximate surface area is 107 Å². The summed E-state index contributed by atoms with van der Waals surface area (Å²) in [6.45, 7) is 1.95. The number of carbonyl (C=O) groups excluding carboxylic acids is 1. The van der Waals surface area contributed by atoms with Gasteiger partial charge in [-0.3, -0.25) is 4.79 Å². The van der Waals surface area contributed by atoms with Crippen molar-refractivity contribution in [1.29, 1.82) is 0 Å². The molecular weight excluding hydrogens is 248 g/mol. The molecule has 0 aromatic rings. The Bertz CT molecular complexity index is 190. The van der Waals surface area contributed by atoms with Crippen LogP contribution in [0.3, 0.4) is 0 Å². The van der Waals surface area contributed by atoms with E-state index in [9.17, 15) is 4.79 Å². The Balaban J connectivity index is 0.00000225. The molecule has 1 aliphatic heterocycles. The lowest BCUT2D eigenvalue weighted by atomic mass is 10.1. The highest BCUT2D eigenvalue weighted by Crippen LogP contribution is 2.16. The second-order valence-electron chi connectivity index (χ2n) is 3.64. The minimum absolute atomic E-state index is 0. The molecule has 16 heavy (non-hydrogen) atoms. The summed E-state index contributed by atoms with van der Waals surface area (Å²) in [6.07, 6.45) is 3.92. The second kappa shape index (κ2) is 10.2. The molecule has 1 aliphatic rings. The number of amides is 1. The molecule has 0 aromatic heterocycles. The van der Waals surface area contributed by atoms with Crippen LogP contribution in [0.2, 0.25) is 0 Å².